The van der Waals surface area contributed by atoms with Gasteiger partial charge in [-0.05, 0) is 30.7 Å². The smallest absolute Gasteiger partial charge is 0.146 e. The van der Waals surface area contributed by atoms with Gasteiger partial charge in [-0.2, -0.15) is 0 Å². The van der Waals surface area contributed by atoms with Crippen LogP contribution in [0.5, 0.6) is 5.75 Å². The molecule has 0 saturated heterocycles. The minimum absolute atomic E-state index is 0.434. The highest BCUT2D eigenvalue weighted by molar-refractivity contribution is 5.37. The normalized spacial score (nSPS) is 10.4. The van der Waals surface area contributed by atoms with E-state index in [-0.39, 0.29) is 0 Å². The van der Waals surface area contributed by atoms with Crippen molar-refractivity contribution in [2.45, 2.75) is 20.1 Å². The van der Waals surface area contributed by atoms with Crippen molar-refractivity contribution in [3.05, 3.63) is 53.5 Å². The molecule has 0 aliphatic rings. The van der Waals surface area contributed by atoms with E-state index in [2.05, 4.69) is 0 Å². The average Bonchev–Trinajstić information content (AvgIpc) is 2.79. The zero-order valence-electron chi connectivity index (χ0n) is 9.27. The van der Waals surface area contributed by atoms with Crippen molar-refractivity contribution >= 4 is 0 Å². The van der Waals surface area contributed by atoms with Gasteiger partial charge in [0, 0.05) is 12.1 Å². The number of benzene rings is 1. The summed E-state index contributed by atoms with van der Waals surface area (Å²) < 4.78 is 10.9. The van der Waals surface area contributed by atoms with E-state index in [0.717, 1.165) is 22.6 Å². The van der Waals surface area contributed by atoms with Gasteiger partial charge in [-0.15, -0.1) is 0 Å². The van der Waals surface area contributed by atoms with Crippen LogP contribution >= 0.6 is 0 Å². The van der Waals surface area contributed by atoms with Crippen molar-refractivity contribution in [1.82, 2.24) is 0 Å². The van der Waals surface area contributed by atoms with Gasteiger partial charge in [0.2, 0.25) is 0 Å². The lowest BCUT2D eigenvalue weighted by molar-refractivity contribution is 0.268. The number of hydrogen-bond donors (Lipinski definition) is 1. The summed E-state index contributed by atoms with van der Waals surface area (Å²) in [7, 11) is 0. The fourth-order valence-electron chi connectivity index (χ4n) is 1.51. The van der Waals surface area contributed by atoms with E-state index in [4.69, 9.17) is 14.9 Å². The van der Waals surface area contributed by atoms with Crippen LogP contribution in [-0.2, 0) is 13.2 Å². The molecule has 0 amide bonds. The number of nitrogens with two attached hydrogens (primary N) is 1. The summed E-state index contributed by atoms with van der Waals surface area (Å²) in [6.07, 6.45) is 1.64. The van der Waals surface area contributed by atoms with Gasteiger partial charge in [0.15, 0.2) is 0 Å². The summed E-state index contributed by atoms with van der Waals surface area (Å²) in [6, 6.07) is 9.75. The number of aryl methyl sites for hydroxylation is 1. The molecule has 0 spiro atoms. The van der Waals surface area contributed by atoms with E-state index < -0.39 is 0 Å². The molecule has 0 atom stereocenters. The molecule has 0 fully saturated rings. The third-order valence-electron chi connectivity index (χ3n) is 2.39. The lowest BCUT2D eigenvalue weighted by Gasteiger charge is -2.10. The van der Waals surface area contributed by atoms with Crippen molar-refractivity contribution in [1.29, 1.82) is 0 Å². The summed E-state index contributed by atoms with van der Waals surface area (Å²) in [5.41, 5.74) is 7.82. The maximum absolute atomic E-state index is 5.68. The second-order valence-electron chi connectivity index (χ2n) is 3.68. The molecule has 0 radical (unpaired) electrons. The second kappa shape index (κ2) is 4.86. The fourth-order valence-corrected chi connectivity index (χ4v) is 1.51. The first-order valence-corrected chi connectivity index (χ1v) is 5.24. The minimum atomic E-state index is 0.434. The van der Waals surface area contributed by atoms with Crippen LogP contribution in [-0.4, -0.2) is 0 Å². The van der Waals surface area contributed by atoms with Gasteiger partial charge in [-0.3, -0.25) is 0 Å². The highest BCUT2D eigenvalue weighted by Crippen LogP contribution is 2.21. The van der Waals surface area contributed by atoms with Crippen molar-refractivity contribution in [3.63, 3.8) is 0 Å². The summed E-state index contributed by atoms with van der Waals surface area (Å²) in [4.78, 5) is 0. The third-order valence-corrected chi connectivity index (χ3v) is 2.39. The molecule has 84 valence electrons. The number of hydrogen-bond acceptors (Lipinski definition) is 3. The Morgan fingerprint density at radius 3 is 2.88 bits per heavy atom. The molecule has 3 nitrogen and oxygen atoms in total. The van der Waals surface area contributed by atoms with Crippen molar-refractivity contribution in [2.24, 2.45) is 5.73 Å². The maximum atomic E-state index is 5.68. The molecule has 2 N–H and O–H groups in total. The molecular weight excluding hydrogens is 202 g/mol. The quantitative estimate of drug-likeness (QED) is 0.856. The monoisotopic (exact) mass is 217 g/mol. The van der Waals surface area contributed by atoms with Gasteiger partial charge in [-0.25, -0.2) is 0 Å². The van der Waals surface area contributed by atoms with E-state index in [1.807, 2.05) is 37.3 Å². The van der Waals surface area contributed by atoms with Crippen molar-refractivity contribution in [2.75, 3.05) is 0 Å². The first-order valence-electron chi connectivity index (χ1n) is 5.24. The molecule has 0 aliphatic heterocycles. The Hall–Kier alpha value is -1.74. The Balaban J connectivity index is 2.11. The number of ether oxygens (including phenoxy) is 1. The van der Waals surface area contributed by atoms with Crippen LogP contribution in [0.1, 0.15) is 16.9 Å². The van der Waals surface area contributed by atoms with E-state index in [1.165, 1.54) is 0 Å². The van der Waals surface area contributed by atoms with Gasteiger partial charge in [-0.1, -0.05) is 12.1 Å². The average molecular weight is 217 g/mol. The van der Waals surface area contributed by atoms with Crippen LogP contribution in [0, 0.1) is 6.92 Å². The predicted octanol–water partition coefficient (Wildman–Crippen LogP) is 2.63. The molecule has 1 aromatic carbocycles. The molecule has 0 aliphatic carbocycles. The molecule has 2 aromatic rings. The molecule has 0 bridgehead atoms. The summed E-state index contributed by atoms with van der Waals surface area (Å²) in [6.45, 7) is 2.94. The highest BCUT2D eigenvalue weighted by atomic mass is 16.5. The Bertz CT molecular complexity index is 449. The van der Waals surface area contributed by atoms with Gasteiger partial charge in [0.05, 0.1) is 6.26 Å². The standard InChI is InChI=1S/C13H15NO2/c1-10-4-5-11(8-14)13(7-10)16-9-12-3-2-6-15-12/h2-7H,8-9,14H2,1H3. The van der Waals surface area contributed by atoms with Crippen LogP contribution in [0.2, 0.25) is 0 Å². The number of rotatable bonds is 4. The molecular formula is C13H15NO2. The molecule has 0 saturated carbocycles. The Morgan fingerprint density at radius 2 is 2.19 bits per heavy atom. The first kappa shape index (κ1) is 10.8. The number of furan rings is 1. The van der Waals surface area contributed by atoms with Crippen LogP contribution < -0.4 is 10.5 Å². The minimum Gasteiger partial charge on any atom is -0.485 e. The van der Waals surface area contributed by atoms with E-state index in [9.17, 15) is 0 Å². The van der Waals surface area contributed by atoms with Crippen molar-refractivity contribution < 1.29 is 9.15 Å². The van der Waals surface area contributed by atoms with E-state index in [0.29, 0.717) is 13.2 Å². The maximum Gasteiger partial charge on any atom is 0.146 e. The lowest BCUT2D eigenvalue weighted by atomic mass is 10.1. The zero-order chi connectivity index (χ0) is 11.4. The van der Waals surface area contributed by atoms with Crippen LogP contribution in [0.25, 0.3) is 0 Å². The van der Waals surface area contributed by atoms with Gasteiger partial charge in [0.25, 0.3) is 0 Å². The van der Waals surface area contributed by atoms with Crippen LogP contribution in [0.4, 0.5) is 0 Å². The van der Waals surface area contributed by atoms with Gasteiger partial charge >= 0.3 is 0 Å². The Morgan fingerprint density at radius 1 is 1.31 bits per heavy atom. The molecule has 16 heavy (non-hydrogen) atoms. The Labute approximate surface area is 94.8 Å². The molecule has 3 heteroatoms. The highest BCUT2D eigenvalue weighted by Gasteiger charge is 2.04. The molecule has 2 rings (SSSR count). The molecule has 0 unspecified atom stereocenters. The molecule has 1 aromatic heterocycles. The van der Waals surface area contributed by atoms with Crippen LogP contribution in [0.3, 0.4) is 0 Å². The van der Waals surface area contributed by atoms with E-state index >= 15 is 0 Å². The zero-order valence-corrected chi connectivity index (χ0v) is 9.27. The summed E-state index contributed by atoms with van der Waals surface area (Å²) in [5, 5.41) is 0. The third kappa shape index (κ3) is 2.44. The summed E-state index contributed by atoms with van der Waals surface area (Å²) >= 11 is 0. The van der Waals surface area contributed by atoms with Crippen molar-refractivity contribution in [3.8, 4) is 5.75 Å². The fraction of sp³-hybridized carbons (Fsp3) is 0.231. The molecule has 1 heterocycles. The SMILES string of the molecule is Cc1ccc(CN)c(OCc2ccco2)c1. The van der Waals surface area contributed by atoms with Crippen LogP contribution in [0.15, 0.2) is 41.0 Å². The predicted molar refractivity (Wildman–Crippen MR) is 62.1 cm³/mol. The second-order valence-corrected chi connectivity index (χ2v) is 3.68. The van der Waals surface area contributed by atoms with Gasteiger partial charge in [0.1, 0.15) is 18.1 Å². The first-order chi connectivity index (χ1) is 7.79. The van der Waals surface area contributed by atoms with E-state index in [1.54, 1.807) is 6.26 Å². The largest absolute Gasteiger partial charge is 0.485 e. The summed E-state index contributed by atoms with van der Waals surface area (Å²) in [5.74, 6) is 1.64. The Kier molecular flexibility index (Phi) is 3.27. The lowest BCUT2D eigenvalue weighted by Crippen LogP contribution is -2.02. The topological polar surface area (TPSA) is 48.4 Å². The van der Waals surface area contributed by atoms with Gasteiger partial charge < -0.3 is 14.9 Å².